The number of alkyl halides is 1. The van der Waals surface area contributed by atoms with Gasteiger partial charge in [0, 0.05) is 0 Å². The zero-order valence-corrected chi connectivity index (χ0v) is 8.89. The Morgan fingerprint density at radius 1 is 1.43 bits per heavy atom. The molecular formula is C12H18FN. The molecule has 0 bridgehead atoms. The van der Waals surface area contributed by atoms with Crippen LogP contribution in [-0.2, 0) is 6.42 Å². The van der Waals surface area contributed by atoms with Crippen LogP contribution in [-0.4, -0.2) is 6.54 Å². The van der Waals surface area contributed by atoms with Crippen LogP contribution in [0.3, 0.4) is 0 Å². The van der Waals surface area contributed by atoms with Crippen molar-refractivity contribution in [1.82, 2.24) is 0 Å². The molecule has 0 spiro atoms. The summed E-state index contributed by atoms with van der Waals surface area (Å²) < 4.78 is 13.0. The van der Waals surface area contributed by atoms with Crippen molar-refractivity contribution in [2.45, 2.75) is 32.9 Å². The topological polar surface area (TPSA) is 26.0 Å². The predicted octanol–water partition coefficient (Wildman–Crippen LogP) is 2.92. The minimum absolute atomic E-state index is 0.689. The molecule has 78 valence electrons. The maximum atomic E-state index is 13.0. The van der Waals surface area contributed by atoms with Gasteiger partial charge >= 0.3 is 0 Å². The van der Waals surface area contributed by atoms with Crippen LogP contribution >= 0.6 is 0 Å². The lowest BCUT2D eigenvalue weighted by Gasteiger charge is -2.09. The fourth-order valence-corrected chi connectivity index (χ4v) is 1.50. The Labute approximate surface area is 85.1 Å². The maximum absolute atomic E-state index is 13.0. The van der Waals surface area contributed by atoms with Crippen molar-refractivity contribution in [3.05, 3.63) is 34.9 Å². The molecule has 0 amide bonds. The van der Waals surface area contributed by atoms with E-state index in [0.717, 1.165) is 18.4 Å². The molecule has 1 aromatic carbocycles. The summed E-state index contributed by atoms with van der Waals surface area (Å²) >= 11 is 0. The smallest absolute Gasteiger partial charge is 0.122 e. The van der Waals surface area contributed by atoms with E-state index < -0.39 is 6.17 Å². The highest BCUT2D eigenvalue weighted by Crippen LogP contribution is 2.20. The van der Waals surface area contributed by atoms with Crippen molar-refractivity contribution in [2.24, 2.45) is 5.73 Å². The van der Waals surface area contributed by atoms with Crippen molar-refractivity contribution in [3.8, 4) is 0 Å². The molecule has 1 unspecified atom stereocenters. The lowest BCUT2D eigenvalue weighted by molar-refractivity contribution is 0.374. The van der Waals surface area contributed by atoms with Gasteiger partial charge in [-0.05, 0) is 49.9 Å². The number of benzene rings is 1. The third-order valence-corrected chi connectivity index (χ3v) is 2.48. The standard InChI is InChI=1S/C12H18FN/c1-9-5-6-12(10(2)13)8-11(9)4-3-7-14/h5-6,8,10H,3-4,7,14H2,1-2H3. The molecule has 0 saturated carbocycles. The molecule has 0 radical (unpaired) electrons. The van der Waals surface area contributed by atoms with Gasteiger partial charge in [-0.15, -0.1) is 0 Å². The van der Waals surface area contributed by atoms with Gasteiger partial charge in [-0.25, -0.2) is 4.39 Å². The lowest BCUT2D eigenvalue weighted by Crippen LogP contribution is -2.02. The van der Waals surface area contributed by atoms with Gasteiger partial charge in [0.15, 0.2) is 0 Å². The first kappa shape index (κ1) is 11.2. The van der Waals surface area contributed by atoms with E-state index in [9.17, 15) is 4.39 Å². The average molecular weight is 195 g/mol. The van der Waals surface area contributed by atoms with Gasteiger partial charge in [-0.3, -0.25) is 0 Å². The van der Waals surface area contributed by atoms with E-state index in [1.807, 2.05) is 18.2 Å². The summed E-state index contributed by atoms with van der Waals surface area (Å²) in [6.45, 7) is 4.31. The summed E-state index contributed by atoms with van der Waals surface area (Å²) in [5.41, 5.74) is 8.66. The SMILES string of the molecule is Cc1ccc(C(C)F)cc1CCCN. The first-order valence-corrected chi connectivity index (χ1v) is 5.08. The van der Waals surface area contributed by atoms with Crippen LogP contribution < -0.4 is 5.73 Å². The zero-order chi connectivity index (χ0) is 10.6. The summed E-state index contributed by atoms with van der Waals surface area (Å²) in [5, 5.41) is 0. The normalized spacial score (nSPS) is 12.9. The monoisotopic (exact) mass is 195 g/mol. The number of hydrogen-bond donors (Lipinski definition) is 1. The molecule has 0 heterocycles. The van der Waals surface area contributed by atoms with Gasteiger partial charge in [0.05, 0.1) is 0 Å². The van der Waals surface area contributed by atoms with E-state index in [2.05, 4.69) is 6.92 Å². The highest BCUT2D eigenvalue weighted by molar-refractivity contribution is 5.32. The first-order valence-electron chi connectivity index (χ1n) is 5.08. The molecular weight excluding hydrogens is 177 g/mol. The second kappa shape index (κ2) is 5.11. The fraction of sp³-hybridized carbons (Fsp3) is 0.500. The summed E-state index contributed by atoms with van der Waals surface area (Å²) in [7, 11) is 0. The molecule has 0 aliphatic heterocycles. The Morgan fingerprint density at radius 3 is 2.71 bits per heavy atom. The van der Waals surface area contributed by atoms with Crippen LogP contribution in [0, 0.1) is 6.92 Å². The van der Waals surface area contributed by atoms with Gasteiger partial charge in [0.25, 0.3) is 0 Å². The van der Waals surface area contributed by atoms with Crippen molar-refractivity contribution in [2.75, 3.05) is 6.54 Å². The number of rotatable bonds is 4. The van der Waals surface area contributed by atoms with Crippen LogP contribution in [0.4, 0.5) is 4.39 Å². The van der Waals surface area contributed by atoms with Crippen LogP contribution in [0.15, 0.2) is 18.2 Å². The minimum atomic E-state index is -0.882. The average Bonchev–Trinajstić information content (AvgIpc) is 2.16. The van der Waals surface area contributed by atoms with Crippen LogP contribution in [0.5, 0.6) is 0 Å². The molecule has 0 aliphatic rings. The Morgan fingerprint density at radius 2 is 2.14 bits per heavy atom. The van der Waals surface area contributed by atoms with Crippen molar-refractivity contribution in [1.29, 1.82) is 0 Å². The largest absolute Gasteiger partial charge is 0.330 e. The van der Waals surface area contributed by atoms with Crippen molar-refractivity contribution >= 4 is 0 Å². The molecule has 2 heteroatoms. The Bertz CT molecular complexity index is 294. The van der Waals surface area contributed by atoms with E-state index in [1.54, 1.807) is 6.92 Å². The summed E-state index contributed by atoms with van der Waals surface area (Å²) in [5.74, 6) is 0. The summed E-state index contributed by atoms with van der Waals surface area (Å²) in [4.78, 5) is 0. The molecule has 0 saturated heterocycles. The summed E-state index contributed by atoms with van der Waals surface area (Å²) in [6.07, 6.45) is 1.03. The number of nitrogens with two attached hydrogens (primary N) is 1. The Kier molecular flexibility index (Phi) is 4.08. The van der Waals surface area contributed by atoms with E-state index in [0.29, 0.717) is 6.54 Å². The predicted molar refractivity (Wildman–Crippen MR) is 58.1 cm³/mol. The third kappa shape index (κ3) is 2.81. The zero-order valence-electron chi connectivity index (χ0n) is 8.89. The highest BCUT2D eigenvalue weighted by Gasteiger charge is 2.05. The van der Waals surface area contributed by atoms with E-state index in [-0.39, 0.29) is 0 Å². The number of aryl methyl sites for hydroxylation is 2. The molecule has 1 atom stereocenters. The number of halogens is 1. The van der Waals surface area contributed by atoms with Crippen LogP contribution in [0.1, 0.15) is 36.2 Å². The molecule has 1 rings (SSSR count). The molecule has 2 N–H and O–H groups in total. The molecule has 0 aromatic heterocycles. The highest BCUT2D eigenvalue weighted by atomic mass is 19.1. The summed E-state index contributed by atoms with van der Waals surface area (Å²) in [6, 6.07) is 5.79. The molecule has 0 fully saturated rings. The second-order valence-electron chi connectivity index (χ2n) is 3.69. The van der Waals surface area contributed by atoms with Gasteiger partial charge < -0.3 is 5.73 Å². The first-order chi connectivity index (χ1) is 6.65. The molecule has 1 aromatic rings. The van der Waals surface area contributed by atoms with Crippen molar-refractivity contribution in [3.63, 3.8) is 0 Å². The minimum Gasteiger partial charge on any atom is -0.330 e. The quantitative estimate of drug-likeness (QED) is 0.785. The molecule has 1 nitrogen and oxygen atoms in total. The number of hydrogen-bond acceptors (Lipinski definition) is 1. The van der Waals surface area contributed by atoms with Crippen LogP contribution in [0.25, 0.3) is 0 Å². The van der Waals surface area contributed by atoms with Crippen molar-refractivity contribution < 1.29 is 4.39 Å². The van der Waals surface area contributed by atoms with E-state index in [1.165, 1.54) is 11.1 Å². The molecule has 0 aliphatic carbocycles. The Balaban J connectivity index is 2.85. The third-order valence-electron chi connectivity index (χ3n) is 2.48. The molecule has 14 heavy (non-hydrogen) atoms. The van der Waals surface area contributed by atoms with Gasteiger partial charge in [-0.2, -0.15) is 0 Å². The van der Waals surface area contributed by atoms with Crippen LogP contribution in [0.2, 0.25) is 0 Å². The fourth-order valence-electron chi connectivity index (χ4n) is 1.50. The Hall–Kier alpha value is -0.890. The maximum Gasteiger partial charge on any atom is 0.122 e. The van der Waals surface area contributed by atoms with Gasteiger partial charge in [0.2, 0.25) is 0 Å². The van der Waals surface area contributed by atoms with Gasteiger partial charge in [0.1, 0.15) is 6.17 Å². The van der Waals surface area contributed by atoms with E-state index >= 15 is 0 Å². The second-order valence-corrected chi connectivity index (χ2v) is 3.69. The lowest BCUT2D eigenvalue weighted by atomic mass is 9.99. The van der Waals surface area contributed by atoms with E-state index in [4.69, 9.17) is 5.73 Å². The van der Waals surface area contributed by atoms with Gasteiger partial charge in [-0.1, -0.05) is 18.2 Å².